The van der Waals surface area contributed by atoms with E-state index in [-0.39, 0.29) is 5.88 Å². The minimum absolute atomic E-state index is 0.0449. The lowest BCUT2D eigenvalue weighted by atomic mass is 9.99. The topological polar surface area (TPSA) is 59.4 Å². The summed E-state index contributed by atoms with van der Waals surface area (Å²) in [4.78, 5) is 14.0. The van der Waals surface area contributed by atoms with Crippen LogP contribution in [0.4, 0.5) is 8.78 Å². The Hall–Kier alpha value is -1.72. The second-order valence-corrected chi connectivity index (χ2v) is 3.01. The van der Waals surface area contributed by atoms with Crippen molar-refractivity contribution in [3.63, 3.8) is 0 Å². The zero-order chi connectivity index (χ0) is 11.6. The molecule has 0 amide bonds. The van der Waals surface area contributed by atoms with Gasteiger partial charge < -0.3 is 9.84 Å². The highest BCUT2D eigenvalue weighted by molar-refractivity contribution is 5.78. The lowest BCUT2D eigenvalue weighted by molar-refractivity contribution is -0.150. The van der Waals surface area contributed by atoms with Crippen molar-refractivity contribution < 1.29 is 23.4 Å². The molecule has 0 spiro atoms. The lowest BCUT2D eigenvalue weighted by Gasteiger charge is -2.16. The highest BCUT2D eigenvalue weighted by atomic mass is 19.1. The number of aliphatic carboxylic acids is 1. The maximum absolute atomic E-state index is 13.6. The van der Waals surface area contributed by atoms with E-state index in [1.54, 1.807) is 0 Å². The molecule has 0 aliphatic rings. The maximum Gasteiger partial charge on any atom is 0.346 e. The van der Waals surface area contributed by atoms with Gasteiger partial charge in [0, 0.05) is 11.6 Å². The number of hydrogen-bond donors (Lipinski definition) is 1. The van der Waals surface area contributed by atoms with E-state index in [4.69, 9.17) is 5.11 Å². The summed E-state index contributed by atoms with van der Waals surface area (Å²) in [7, 11) is 1.26. The van der Waals surface area contributed by atoms with Gasteiger partial charge in [-0.2, -0.15) is 0 Å². The largest absolute Gasteiger partial charge is 0.481 e. The molecule has 0 aliphatic carbocycles. The maximum atomic E-state index is 13.6. The molecule has 1 aromatic heterocycles. The molecule has 0 saturated carbocycles. The molecular weight excluding hydrogens is 208 g/mol. The molecule has 1 heterocycles. The van der Waals surface area contributed by atoms with Crippen molar-refractivity contribution in [2.75, 3.05) is 7.11 Å². The van der Waals surface area contributed by atoms with Crippen LogP contribution in [0.1, 0.15) is 12.5 Å². The van der Waals surface area contributed by atoms with Crippen LogP contribution in [-0.4, -0.2) is 23.2 Å². The molecule has 0 saturated heterocycles. The molecule has 0 bridgehead atoms. The minimum Gasteiger partial charge on any atom is -0.481 e. The standard InChI is InChI=1S/C9H9F2NO3/c1-9(11,8(13)14)5-3-7(15-2)12-4-6(5)10/h3-4H,1-2H3,(H,13,14). The molecule has 1 rings (SSSR count). The number of aromatic nitrogens is 1. The molecule has 1 aromatic rings. The van der Waals surface area contributed by atoms with Crippen molar-refractivity contribution in [1.29, 1.82) is 0 Å². The Morgan fingerprint density at radius 3 is 2.73 bits per heavy atom. The van der Waals surface area contributed by atoms with E-state index in [2.05, 4.69) is 9.72 Å². The fourth-order valence-electron chi connectivity index (χ4n) is 1.01. The van der Waals surface area contributed by atoms with Gasteiger partial charge in [-0.25, -0.2) is 18.6 Å². The molecular formula is C9H9F2NO3. The summed E-state index contributed by atoms with van der Waals surface area (Å²) >= 11 is 0. The molecule has 15 heavy (non-hydrogen) atoms. The van der Waals surface area contributed by atoms with Gasteiger partial charge in [-0.05, 0) is 6.92 Å². The van der Waals surface area contributed by atoms with E-state index in [0.717, 1.165) is 19.2 Å². The van der Waals surface area contributed by atoms with Gasteiger partial charge >= 0.3 is 5.97 Å². The van der Waals surface area contributed by atoms with Crippen LogP contribution in [0, 0.1) is 5.82 Å². The zero-order valence-corrected chi connectivity index (χ0v) is 8.12. The fourth-order valence-corrected chi connectivity index (χ4v) is 1.01. The van der Waals surface area contributed by atoms with E-state index in [0.29, 0.717) is 0 Å². The molecule has 0 aromatic carbocycles. The number of alkyl halides is 1. The van der Waals surface area contributed by atoms with Gasteiger partial charge in [0.15, 0.2) is 0 Å². The summed E-state index contributed by atoms with van der Waals surface area (Å²) in [5, 5.41) is 8.58. The van der Waals surface area contributed by atoms with Gasteiger partial charge in [0.2, 0.25) is 11.5 Å². The third-order valence-corrected chi connectivity index (χ3v) is 1.95. The van der Waals surface area contributed by atoms with Gasteiger partial charge in [-0.3, -0.25) is 0 Å². The minimum atomic E-state index is -2.81. The van der Waals surface area contributed by atoms with Gasteiger partial charge in [-0.15, -0.1) is 0 Å². The number of rotatable bonds is 3. The SMILES string of the molecule is COc1cc(C(C)(F)C(=O)O)c(F)cn1. The molecule has 6 heteroatoms. The first-order valence-corrected chi connectivity index (χ1v) is 4.02. The van der Waals surface area contributed by atoms with Crippen LogP contribution in [0.5, 0.6) is 5.88 Å². The van der Waals surface area contributed by atoms with Crippen molar-refractivity contribution in [3.05, 3.63) is 23.6 Å². The summed E-state index contributed by atoms with van der Waals surface area (Å²) < 4.78 is 31.4. The second kappa shape index (κ2) is 3.80. The summed E-state index contributed by atoms with van der Waals surface area (Å²) in [6.45, 7) is 0.757. The zero-order valence-electron chi connectivity index (χ0n) is 8.12. The number of carboxylic acids is 1. The highest BCUT2D eigenvalue weighted by Gasteiger charge is 2.38. The predicted molar refractivity (Wildman–Crippen MR) is 46.8 cm³/mol. The van der Waals surface area contributed by atoms with E-state index in [9.17, 15) is 13.6 Å². The van der Waals surface area contributed by atoms with Crippen LogP contribution in [0.3, 0.4) is 0 Å². The molecule has 0 aliphatic heterocycles. The summed E-state index contributed by atoms with van der Waals surface area (Å²) in [6.07, 6.45) is 0.717. The lowest BCUT2D eigenvalue weighted by Crippen LogP contribution is -2.28. The molecule has 4 nitrogen and oxygen atoms in total. The van der Waals surface area contributed by atoms with Crippen LogP contribution in [0.25, 0.3) is 0 Å². The van der Waals surface area contributed by atoms with Crippen molar-refractivity contribution >= 4 is 5.97 Å². The smallest absolute Gasteiger partial charge is 0.346 e. The highest BCUT2D eigenvalue weighted by Crippen LogP contribution is 2.29. The first kappa shape index (κ1) is 11.4. The Bertz CT molecular complexity index is 393. The molecule has 0 fully saturated rings. The average molecular weight is 217 g/mol. The third kappa shape index (κ3) is 2.03. The first-order valence-electron chi connectivity index (χ1n) is 4.02. The van der Waals surface area contributed by atoms with Crippen molar-refractivity contribution in [2.24, 2.45) is 0 Å². The average Bonchev–Trinajstić information content (AvgIpc) is 2.18. The van der Waals surface area contributed by atoms with E-state index in [1.807, 2.05) is 0 Å². The number of hydrogen-bond acceptors (Lipinski definition) is 3. The Kier molecular flexibility index (Phi) is 2.88. The van der Waals surface area contributed by atoms with Crippen molar-refractivity contribution in [1.82, 2.24) is 4.98 Å². The number of carbonyl (C=O) groups is 1. The molecule has 1 unspecified atom stereocenters. The third-order valence-electron chi connectivity index (χ3n) is 1.95. The van der Waals surface area contributed by atoms with Crippen LogP contribution < -0.4 is 4.74 Å². The number of carboxylic acid groups (broad SMARTS) is 1. The van der Waals surface area contributed by atoms with Crippen LogP contribution in [-0.2, 0) is 10.5 Å². The summed E-state index contributed by atoms with van der Waals surface area (Å²) in [5.74, 6) is -2.84. The van der Waals surface area contributed by atoms with E-state index < -0.39 is 23.0 Å². The number of halogens is 2. The van der Waals surface area contributed by atoms with Crippen LogP contribution in [0.15, 0.2) is 12.3 Å². The number of methoxy groups -OCH3 is 1. The van der Waals surface area contributed by atoms with Crippen molar-refractivity contribution in [2.45, 2.75) is 12.6 Å². The Labute approximate surface area is 84.5 Å². The first-order chi connectivity index (χ1) is 6.89. The summed E-state index contributed by atoms with van der Waals surface area (Å²) in [5.41, 5.74) is -3.41. The molecule has 1 atom stereocenters. The van der Waals surface area contributed by atoms with Gasteiger partial charge in [0.1, 0.15) is 5.82 Å². The number of nitrogens with zero attached hydrogens (tertiary/aromatic N) is 1. The second-order valence-electron chi connectivity index (χ2n) is 3.01. The Morgan fingerprint density at radius 1 is 1.67 bits per heavy atom. The fraction of sp³-hybridized carbons (Fsp3) is 0.333. The Balaban J connectivity index is 3.29. The number of pyridine rings is 1. The van der Waals surface area contributed by atoms with Gasteiger partial charge in [0.25, 0.3) is 0 Å². The molecule has 0 radical (unpaired) electrons. The monoisotopic (exact) mass is 217 g/mol. The van der Waals surface area contributed by atoms with Crippen LogP contribution >= 0.6 is 0 Å². The van der Waals surface area contributed by atoms with E-state index in [1.165, 1.54) is 7.11 Å². The predicted octanol–water partition coefficient (Wildman–Crippen LogP) is 1.50. The van der Waals surface area contributed by atoms with Crippen molar-refractivity contribution in [3.8, 4) is 5.88 Å². The number of ether oxygens (including phenoxy) is 1. The molecule has 1 N–H and O–H groups in total. The van der Waals surface area contributed by atoms with Gasteiger partial charge in [-0.1, -0.05) is 0 Å². The van der Waals surface area contributed by atoms with Gasteiger partial charge in [0.05, 0.1) is 13.3 Å². The van der Waals surface area contributed by atoms with Crippen LogP contribution in [0.2, 0.25) is 0 Å². The van der Waals surface area contributed by atoms with E-state index >= 15 is 0 Å². The summed E-state index contributed by atoms with van der Waals surface area (Å²) in [6, 6.07) is 0.920. The molecule has 82 valence electrons. The quantitative estimate of drug-likeness (QED) is 0.833. The normalized spacial score (nSPS) is 14.4. The Morgan fingerprint density at radius 2 is 2.27 bits per heavy atom.